The first-order chi connectivity index (χ1) is 38.2. The molecular weight excluding hydrogens is 1050 g/mol. The number of aliphatic hydroxyl groups is 2. The molecule has 0 radical (unpaired) electrons. The molecule has 79 heavy (non-hydrogen) atoms. The van der Waals surface area contributed by atoms with Crippen LogP contribution in [0.15, 0.2) is 84.0 Å². The van der Waals surface area contributed by atoms with E-state index >= 15 is 0 Å². The number of amides is 4. The Morgan fingerprint density at radius 2 is 1.53 bits per heavy atom. The Bertz CT molecular complexity index is 3350. The highest BCUT2D eigenvalue weighted by Crippen LogP contribution is 2.42. The summed E-state index contributed by atoms with van der Waals surface area (Å²) >= 11 is 13.2. The van der Waals surface area contributed by atoms with E-state index in [9.17, 15) is 34.2 Å². The second-order valence-corrected chi connectivity index (χ2v) is 21.9. The van der Waals surface area contributed by atoms with Gasteiger partial charge in [-0.25, -0.2) is 4.98 Å². The number of hydrogen-bond donors (Lipinski definition) is 6. The van der Waals surface area contributed by atoms with Crippen molar-refractivity contribution in [2.75, 3.05) is 45.9 Å². The van der Waals surface area contributed by atoms with Gasteiger partial charge in [0.15, 0.2) is 5.52 Å². The maximum absolute atomic E-state index is 13.7. The molecule has 2 aliphatic rings. The Kier molecular flexibility index (Phi) is 18.6. The summed E-state index contributed by atoms with van der Waals surface area (Å²) in [4.78, 5) is 76.0. The SMILES string of the molecule is C[C@H](CC(=O)N1CCC(O)(Cn2cnc3c(-c4ccc(CNCC(=O)NCCCCCCCCCNC(=O)Cn5ccc(-c6cc(Cl)c(Cl)c7[nH]c8c(c67)CN(C(=O)CO)CC8)n5)cc4)n(C)nc3c2=O)CC1)c1ccccc1. The van der Waals surface area contributed by atoms with Gasteiger partial charge in [-0.05, 0) is 54.9 Å². The first-order valence-electron chi connectivity index (χ1n) is 27.4. The molecule has 21 heteroatoms. The van der Waals surface area contributed by atoms with Crippen molar-refractivity contribution in [3.63, 3.8) is 0 Å². The van der Waals surface area contributed by atoms with Crippen LogP contribution in [0.3, 0.4) is 0 Å². The lowest BCUT2D eigenvalue weighted by Gasteiger charge is -2.38. The van der Waals surface area contributed by atoms with E-state index in [4.69, 9.17) is 23.2 Å². The van der Waals surface area contributed by atoms with Gasteiger partial charge in [-0.15, -0.1) is 0 Å². The number of H-pyrrole nitrogens is 1. The third-order valence-electron chi connectivity index (χ3n) is 15.4. The van der Waals surface area contributed by atoms with Crippen LogP contribution in [0.1, 0.15) is 99.4 Å². The number of halogens is 2. The number of nitrogens with zero attached hydrogens (tertiary/aromatic N) is 8. The van der Waals surface area contributed by atoms with Crippen molar-refractivity contribution in [3.05, 3.63) is 122 Å². The molecule has 0 saturated carbocycles. The van der Waals surface area contributed by atoms with Crippen molar-refractivity contribution in [3.8, 4) is 22.5 Å². The van der Waals surface area contributed by atoms with Crippen LogP contribution in [0.25, 0.3) is 44.5 Å². The molecule has 0 unspecified atom stereocenters. The van der Waals surface area contributed by atoms with Crippen molar-refractivity contribution in [1.82, 2.24) is 59.8 Å². The number of carbonyl (C=O) groups is 4. The number of rotatable bonds is 24. The summed E-state index contributed by atoms with van der Waals surface area (Å²) in [6.07, 6.45) is 11.9. The minimum Gasteiger partial charge on any atom is -0.388 e. The molecule has 0 bridgehead atoms. The van der Waals surface area contributed by atoms with Gasteiger partial charge in [0.05, 0.1) is 52.0 Å². The molecule has 418 valence electrons. The largest absolute Gasteiger partial charge is 0.388 e. The molecule has 19 nitrogen and oxygen atoms in total. The first kappa shape index (κ1) is 56.8. The molecule has 0 spiro atoms. The fourth-order valence-electron chi connectivity index (χ4n) is 10.9. The van der Waals surface area contributed by atoms with Crippen LogP contribution in [0.2, 0.25) is 10.0 Å². The Labute approximate surface area is 468 Å². The average Bonchev–Trinajstić information content (AvgIpc) is 4.40. The summed E-state index contributed by atoms with van der Waals surface area (Å²) in [5.74, 6) is -0.375. The van der Waals surface area contributed by atoms with Gasteiger partial charge in [0.2, 0.25) is 23.6 Å². The molecule has 7 aromatic rings. The summed E-state index contributed by atoms with van der Waals surface area (Å²) in [5, 5.41) is 41.0. The van der Waals surface area contributed by atoms with Crippen molar-refractivity contribution in [2.45, 2.75) is 115 Å². The van der Waals surface area contributed by atoms with Crippen LogP contribution in [-0.2, 0) is 58.8 Å². The molecule has 4 amide bonds. The summed E-state index contributed by atoms with van der Waals surface area (Å²) in [7, 11) is 1.78. The molecule has 6 heterocycles. The molecular formula is C58H70Cl2N12O7. The predicted octanol–water partition coefficient (Wildman–Crippen LogP) is 6.63. The smallest absolute Gasteiger partial charge is 0.281 e. The minimum atomic E-state index is -1.16. The average molecular weight is 1120 g/mol. The number of hydrogen-bond acceptors (Lipinski definition) is 11. The minimum absolute atomic E-state index is 0.0585. The van der Waals surface area contributed by atoms with Crippen molar-refractivity contribution in [1.29, 1.82) is 0 Å². The summed E-state index contributed by atoms with van der Waals surface area (Å²) in [5.41, 5.74) is 6.75. The third kappa shape index (κ3) is 13.8. The van der Waals surface area contributed by atoms with Crippen molar-refractivity contribution in [2.24, 2.45) is 7.05 Å². The fourth-order valence-corrected chi connectivity index (χ4v) is 11.3. The maximum atomic E-state index is 13.7. The number of aryl methyl sites for hydroxylation is 1. The zero-order chi connectivity index (χ0) is 55.6. The number of fused-ring (bicyclic) bond motifs is 4. The monoisotopic (exact) mass is 1120 g/mol. The van der Waals surface area contributed by atoms with Crippen LogP contribution in [0, 0.1) is 0 Å². The lowest BCUT2D eigenvalue weighted by molar-refractivity contribution is -0.136. The highest BCUT2D eigenvalue weighted by molar-refractivity contribution is 6.45. The fraction of sp³-hybridized carbons (Fsp3) is 0.448. The van der Waals surface area contributed by atoms with Crippen LogP contribution in [-0.4, -0.2) is 129 Å². The summed E-state index contributed by atoms with van der Waals surface area (Å²) in [6, 6.07) is 21.4. The second kappa shape index (κ2) is 25.9. The van der Waals surface area contributed by atoms with Crippen LogP contribution in [0.4, 0.5) is 0 Å². The highest BCUT2D eigenvalue weighted by Gasteiger charge is 2.36. The normalized spacial score (nSPS) is 14.7. The quantitative estimate of drug-likeness (QED) is 0.0352. The predicted molar refractivity (Wildman–Crippen MR) is 304 cm³/mol. The molecule has 6 N–H and O–H groups in total. The molecule has 2 aliphatic heterocycles. The van der Waals surface area contributed by atoms with Gasteiger partial charge in [0, 0.05) is 99.7 Å². The standard InChI is InChI=1S/C58H70Cl2N12O7/c1-38(40-13-9-8-10-14-40)29-49(76)69-27-21-58(79,22-28-69)36-71-37-64-54-55(57(71)78)67-68(2)56(54)41-17-15-39(16-18-41)31-61-32-47(74)62-23-11-6-4-3-5-7-12-24-63-48(75)34-72-26-20-46(66-72)42-30-44(59)52(60)53-51(42)43-33-70(50(77)35-73)25-19-45(43)65-53/h8-10,13-18,20,26,30,37-38,61,65,73,79H,3-7,11-12,19,21-25,27-29,31-36H2,1-2H3,(H,62,74)(H,63,75)/t38-/m1/s1. The van der Waals surface area contributed by atoms with Crippen molar-refractivity contribution >= 4 is 68.8 Å². The van der Waals surface area contributed by atoms with Gasteiger partial charge in [-0.3, -0.25) is 37.9 Å². The number of aromatic amines is 1. The lowest BCUT2D eigenvalue weighted by atomic mass is 9.90. The molecule has 9 rings (SSSR count). The molecule has 1 saturated heterocycles. The Morgan fingerprint density at radius 1 is 0.835 bits per heavy atom. The van der Waals surface area contributed by atoms with E-state index in [1.165, 1.54) is 10.9 Å². The number of carbonyl (C=O) groups excluding carboxylic acids is 4. The van der Waals surface area contributed by atoms with Crippen molar-refractivity contribution < 1.29 is 29.4 Å². The van der Waals surface area contributed by atoms with E-state index in [1.807, 2.05) is 72.5 Å². The van der Waals surface area contributed by atoms with E-state index in [1.54, 1.807) is 33.6 Å². The summed E-state index contributed by atoms with van der Waals surface area (Å²) < 4.78 is 4.67. The topological polar surface area (TPSA) is 238 Å². The van der Waals surface area contributed by atoms with Crippen LogP contribution < -0.4 is 21.5 Å². The van der Waals surface area contributed by atoms with E-state index < -0.39 is 12.2 Å². The van der Waals surface area contributed by atoms with Gasteiger partial charge in [0.25, 0.3) is 5.56 Å². The Balaban J connectivity index is 0.625. The number of nitrogens with one attached hydrogen (secondary N) is 4. The number of likely N-dealkylation sites (tertiary alicyclic amines) is 1. The first-order valence-corrected chi connectivity index (χ1v) is 28.2. The molecule has 4 aromatic heterocycles. The number of aliphatic hydroxyl groups excluding tert-OH is 1. The van der Waals surface area contributed by atoms with E-state index in [0.717, 1.165) is 83.8 Å². The van der Waals surface area contributed by atoms with Gasteiger partial charge in [0.1, 0.15) is 18.7 Å². The summed E-state index contributed by atoms with van der Waals surface area (Å²) in [6.45, 7) is 5.14. The van der Waals surface area contributed by atoms with Gasteiger partial charge < -0.3 is 40.9 Å². The van der Waals surface area contributed by atoms with E-state index in [2.05, 4.69) is 36.1 Å². The Hall–Kier alpha value is -6.90. The number of aromatic nitrogens is 7. The molecule has 1 fully saturated rings. The zero-order valence-corrected chi connectivity index (χ0v) is 46.4. The van der Waals surface area contributed by atoms with E-state index in [-0.39, 0.29) is 60.3 Å². The zero-order valence-electron chi connectivity index (χ0n) is 44.9. The van der Waals surface area contributed by atoms with E-state index in [0.29, 0.717) is 104 Å². The van der Waals surface area contributed by atoms with Gasteiger partial charge in [-0.2, -0.15) is 10.2 Å². The molecule has 1 atom stereocenters. The maximum Gasteiger partial charge on any atom is 0.281 e. The Morgan fingerprint density at radius 3 is 2.24 bits per heavy atom. The molecule has 0 aliphatic carbocycles. The third-order valence-corrected chi connectivity index (χ3v) is 16.2. The second-order valence-electron chi connectivity index (χ2n) is 21.1. The van der Waals surface area contributed by atoms with Crippen LogP contribution >= 0.6 is 23.2 Å². The lowest BCUT2D eigenvalue weighted by Crippen LogP contribution is -2.49. The van der Waals surface area contributed by atoms with Gasteiger partial charge in [-0.1, -0.05) is 117 Å². The van der Waals surface area contributed by atoms with Crippen LogP contribution in [0.5, 0.6) is 0 Å². The molecule has 3 aromatic carbocycles. The number of unbranched alkanes of at least 4 members (excludes halogenated alkanes) is 6. The number of piperidine rings is 1. The highest BCUT2D eigenvalue weighted by atomic mass is 35.5. The van der Waals surface area contributed by atoms with Gasteiger partial charge >= 0.3 is 0 Å². The number of benzene rings is 3.